The molecule has 0 rings (SSSR count). The zero-order chi connectivity index (χ0) is 7.82. The van der Waals surface area contributed by atoms with Crippen LogP contribution in [0.2, 0.25) is 0 Å². The molecule has 0 saturated carbocycles. The van der Waals surface area contributed by atoms with Crippen LogP contribution < -0.4 is 0 Å². The van der Waals surface area contributed by atoms with Gasteiger partial charge in [-0.1, -0.05) is 45.8 Å². The molecule has 0 aromatic heterocycles. The fourth-order valence-corrected chi connectivity index (χ4v) is 0.899. The molecule has 0 aromatic carbocycles. The molecule has 0 nitrogen and oxygen atoms in total. The molecule has 1 unspecified atom stereocenters. The van der Waals surface area contributed by atoms with Gasteiger partial charge in [-0.15, -0.1) is 0 Å². The average molecular weight is 138 g/mol. The average Bonchev–Trinajstić information content (AvgIpc) is 1.98. The summed E-state index contributed by atoms with van der Waals surface area (Å²) in [5, 5.41) is 0. The summed E-state index contributed by atoms with van der Waals surface area (Å²) in [4.78, 5) is 0. The SMILES string of the molecule is [CH]=CCCCCC(C)C[CH2]. The first-order chi connectivity index (χ1) is 4.81. The Hall–Kier alpha value is -0.260. The fourth-order valence-electron chi connectivity index (χ4n) is 0.899. The summed E-state index contributed by atoms with van der Waals surface area (Å²) in [6.45, 7) is 11.3. The van der Waals surface area contributed by atoms with Gasteiger partial charge >= 0.3 is 0 Å². The minimum absolute atomic E-state index is 0.790. The molecule has 0 aliphatic rings. The topological polar surface area (TPSA) is 0 Å². The second-order valence-corrected chi connectivity index (χ2v) is 2.91. The van der Waals surface area contributed by atoms with Crippen molar-refractivity contribution in [3.8, 4) is 0 Å². The fraction of sp³-hybridized carbons (Fsp3) is 0.700. The van der Waals surface area contributed by atoms with Gasteiger partial charge in [-0.05, 0) is 18.8 Å². The summed E-state index contributed by atoms with van der Waals surface area (Å²) in [5.41, 5.74) is 0. The van der Waals surface area contributed by atoms with Crippen molar-refractivity contribution in [1.29, 1.82) is 0 Å². The van der Waals surface area contributed by atoms with Gasteiger partial charge in [-0.3, -0.25) is 0 Å². The Bertz CT molecular complexity index is 74.1. The quantitative estimate of drug-likeness (QED) is 0.493. The molecule has 0 spiro atoms. The molecule has 0 bridgehead atoms. The van der Waals surface area contributed by atoms with Crippen LogP contribution in [0.15, 0.2) is 6.08 Å². The van der Waals surface area contributed by atoms with Crippen LogP contribution in [0.5, 0.6) is 0 Å². The van der Waals surface area contributed by atoms with Gasteiger partial charge < -0.3 is 0 Å². The monoisotopic (exact) mass is 138 g/mol. The summed E-state index contributed by atoms with van der Waals surface area (Å²) >= 11 is 0. The maximum absolute atomic E-state index is 5.24. The highest BCUT2D eigenvalue weighted by molar-refractivity contribution is 4.63. The molecule has 0 aliphatic heterocycles. The van der Waals surface area contributed by atoms with Gasteiger partial charge in [-0.2, -0.15) is 0 Å². The third kappa shape index (κ3) is 5.87. The van der Waals surface area contributed by atoms with Crippen molar-refractivity contribution in [2.75, 3.05) is 0 Å². The smallest absolute Gasteiger partial charge is 0.0348 e. The highest BCUT2D eigenvalue weighted by Gasteiger charge is 1.96. The lowest BCUT2D eigenvalue weighted by Gasteiger charge is -2.05. The Labute approximate surface area is 65.3 Å². The van der Waals surface area contributed by atoms with E-state index >= 15 is 0 Å². The van der Waals surface area contributed by atoms with Crippen LogP contribution in [0.25, 0.3) is 0 Å². The highest BCUT2D eigenvalue weighted by atomic mass is 14.0. The Balaban J connectivity index is 2.95. The van der Waals surface area contributed by atoms with Crippen LogP contribution in [-0.4, -0.2) is 0 Å². The van der Waals surface area contributed by atoms with Crippen LogP contribution in [0.4, 0.5) is 0 Å². The maximum Gasteiger partial charge on any atom is -0.0348 e. The molecule has 0 N–H and O–H groups in total. The van der Waals surface area contributed by atoms with Gasteiger partial charge in [0.25, 0.3) is 0 Å². The number of rotatable bonds is 6. The molecule has 0 saturated heterocycles. The molecule has 1 atom stereocenters. The summed E-state index contributed by atoms with van der Waals surface area (Å²) in [7, 11) is 0. The van der Waals surface area contributed by atoms with Gasteiger partial charge in [-0.25, -0.2) is 0 Å². The van der Waals surface area contributed by atoms with E-state index in [4.69, 9.17) is 6.58 Å². The first-order valence-electron chi connectivity index (χ1n) is 4.14. The summed E-state index contributed by atoms with van der Waals surface area (Å²) in [6, 6.07) is 0. The lowest BCUT2D eigenvalue weighted by molar-refractivity contribution is 0.504. The van der Waals surface area contributed by atoms with Crippen molar-refractivity contribution in [2.24, 2.45) is 5.92 Å². The van der Waals surface area contributed by atoms with Gasteiger partial charge in [0.1, 0.15) is 0 Å². The third-order valence-electron chi connectivity index (χ3n) is 1.81. The molecule has 2 radical (unpaired) electrons. The number of allylic oxidation sites excluding steroid dienone is 1. The largest absolute Gasteiger partial charge is 0.0845 e. The van der Waals surface area contributed by atoms with E-state index in [0.29, 0.717) is 0 Å². The summed E-state index contributed by atoms with van der Waals surface area (Å²) in [5.74, 6) is 0.790. The van der Waals surface area contributed by atoms with E-state index in [1.165, 1.54) is 19.3 Å². The number of hydrogen-bond acceptors (Lipinski definition) is 0. The van der Waals surface area contributed by atoms with Crippen molar-refractivity contribution >= 4 is 0 Å². The lowest BCUT2D eigenvalue weighted by atomic mass is 10.0. The predicted molar refractivity (Wildman–Crippen MR) is 46.5 cm³/mol. The van der Waals surface area contributed by atoms with Crippen LogP contribution in [0.3, 0.4) is 0 Å². The predicted octanol–water partition coefficient (Wildman–Crippen LogP) is 3.40. The van der Waals surface area contributed by atoms with E-state index in [9.17, 15) is 0 Å². The summed E-state index contributed by atoms with van der Waals surface area (Å²) < 4.78 is 0. The summed E-state index contributed by atoms with van der Waals surface area (Å²) in [6.07, 6.45) is 7.70. The molecule has 58 valence electrons. The van der Waals surface area contributed by atoms with E-state index in [1.54, 1.807) is 6.08 Å². The Kier molecular flexibility index (Phi) is 6.68. The molecule has 0 fully saturated rings. The Morgan fingerprint density at radius 1 is 1.50 bits per heavy atom. The number of hydrogen-bond donors (Lipinski definition) is 0. The van der Waals surface area contributed by atoms with Crippen molar-refractivity contribution in [1.82, 2.24) is 0 Å². The van der Waals surface area contributed by atoms with Crippen LogP contribution in [-0.2, 0) is 0 Å². The minimum Gasteiger partial charge on any atom is -0.0845 e. The van der Waals surface area contributed by atoms with Crippen molar-refractivity contribution in [2.45, 2.75) is 39.0 Å². The zero-order valence-electron chi connectivity index (χ0n) is 6.97. The highest BCUT2D eigenvalue weighted by Crippen LogP contribution is 2.11. The standard InChI is InChI=1S/C10H18/c1-4-6-7-8-9-10(3)5-2/h1,4,10H,2,5-9H2,3H3. The second kappa shape index (κ2) is 6.85. The number of unbranched alkanes of at least 4 members (excludes halogenated alkanes) is 2. The van der Waals surface area contributed by atoms with E-state index in [2.05, 4.69) is 13.8 Å². The van der Waals surface area contributed by atoms with Gasteiger partial charge in [0.15, 0.2) is 0 Å². The van der Waals surface area contributed by atoms with Crippen molar-refractivity contribution in [3.05, 3.63) is 19.6 Å². The van der Waals surface area contributed by atoms with Crippen LogP contribution in [0.1, 0.15) is 39.0 Å². The van der Waals surface area contributed by atoms with Crippen LogP contribution >= 0.6 is 0 Å². The van der Waals surface area contributed by atoms with E-state index < -0.39 is 0 Å². The minimum atomic E-state index is 0.790. The van der Waals surface area contributed by atoms with Crippen LogP contribution in [0, 0.1) is 19.4 Å². The Morgan fingerprint density at radius 2 is 2.20 bits per heavy atom. The first-order valence-corrected chi connectivity index (χ1v) is 4.14. The molecular formula is C10H18. The molecule has 0 amide bonds. The first kappa shape index (κ1) is 9.74. The van der Waals surface area contributed by atoms with E-state index in [0.717, 1.165) is 18.8 Å². The maximum atomic E-state index is 5.24. The van der Waals surface area contributed by atoms with E-state index in [1.807, 2.05) is 0 Å². The lowest BCUT2D eigenvalue weighted by Crippen LogP contribution is -1.90. The third-order valence-corrected chi connectivity index (χ3v) is 1.81. The molecule has 0 heteroatoms. The van der Waals surface area contributed by atoms with Crippen molar-refractivity contribution < 1.29 is 0 Å². The van der Waals surface area contributed by atoms with Gasteiger partial charge in [0.05, 0.1) is 0 Å². The molecule has 0 aliphatic carbocycles. The van der Waals surface area contributed by atoms with Gasteiger partial charge in [0, 0.05) is 0 Å². The molecule has 0 aromatic rings. The molecular weight excluding hydrogens is 120 g/mol. The Morgan fingerprint density at radius 3 is 2.70 bits per heavy atom. The second-order valence-electron chi connectivity index (χ2n) is 2.91. The van der Waals surface area contributed by atoms with E-state index in [-0.39, 0.29) is 0 Å². The molecule has 0 heterocycles. The van der Waals surface area contributed by atoms with Crippen molar-refractivity contribution in [3.63, 3.8) is 0 Å². The normalized spacial score (nSPS) is 13.0. The molecule has 10 heavy (non-hydrogen) atoms. The van der Waals surface area contributed by atoms with Gasteiger partial charge in [0.2, 0.25) is 0 Å². The zero-order valence-corrected chi connectivity index (χ0v) is 6.97.